The molecule has 0 unspecified atom stereocenters. The van der Waals surface area contributed by atoms with E-state index in [4.69, 9.17) is 0 Å². The molecule has 0 fully saturated rings. The Kier molecular flexibility index (Phi) is 10.0. The fourth-order valence-corrected chi connectivity index (χ4v) is 0.530. The van der Waals surface area contributed by atoms with Crippen LogP contribution in [-0.4, -0.2) is 13.0 Å². The van der Waals surface area contributed by atoms with Crippen molar-refractivity contribution < 1.29 is 6.22 Å². The van der Waals surface area contributed by atoms with E-state index in [0.29, 0.717) is 5.92 Å². The third kappa shape index (κ3) is 7.58. The van der Waals surface area contributed by atoms with E-state index < -0.39 is 0 Å². The van der Waals surface area contributed by atoms with Gasteiger partial charge in [-0.3, -0.25) is 4.79 Å². The molecule has 0 saturated carbocycles. The number of carbonyl (C=O) groups is 1. The van der Waals surface area contributed by atoms with E-state index in [1.165, 1.54) is 6.42 Å². The fraction of sp³-hybridized carbons (Fsp3) is 0.900. The molecule has 0 radical (unpaired) electrons. The van der Waals surface area contributed by atoms with Crippen molar-refractivity contribution in [2.75, 3.05) is 7.05 Å². The minimum atomic E-state index is 0. The van der Waals surface area contributed by atoms with Gasteiger partial charge in [0, 0.05) is 14.4 Å². The van der Waals surface area contributed by atoms with Crippen LogP contribution < -0.4 is 5.32 Å². The molecule has 0 aromatic heterocycles. The smallest absolute Gasteiger partial charge is 0.222 e. The zero-order valence-electron chi connectivity index (χ0n) is 9.27. The molecule has 0 aromatic rings. The van der Waals surface area contributed by atoms with Crippen molar-refractivity contribution in [3.63, 3.8) is 0 Å². The highest BCUT2D eigenvalue weighted by molar-refractivity contribution is 5.78. The highest BCUT2D eigenvalue weighted by atomic mass is 16.1. The number of rotatable bonds is 2. The molecule has 2 heteroatoms. The molecule has 0 rings (SSSR count). The third-order valence-corrected chi connectivity index (χ3v) is 1.66. The van der Waals surface area contributed by atoms with Crippen LogP contribution in [0.4, 0.5) is 0 Å². The standard InChI is InChI=1S/C7H15NO.C3H8.H2/c1-5(2)6(3)7(9)8-4;1-3-2;/h5-6H,1-4H3,(H,8,9);3H2,1-2H3;1H/t6-;;/m0../s1. The van der Waals surface area contributed by atoms with Crippen LogP contribution in [0.15, 0.2) is 0 Å². The Bertz CT molecular complexity index is 115. The number of hydrogen-bond acceptors (Lipinski definition) is 1. The molecule has 1 N–H and O–H groups in total. The first-order chi connectivity index (χ1) is 5.51. The van der Waals surface area contributed by atoms with E-state index in [2.05, 4.69) is 19.2 Å². The van der Waals surface area contributed by atoms with Crippen LogP contribution in [0.5, 0.6) is 0 Å². The average Bonchev–Trinajstić information content (AvgIpc) is 2.03. The first-order valence-electron chi connectivity index (χ1n) is 4.72. The second-order valence-electron chi connectivity index (χ2n) is 3.35. The van der Waals surface area contributed by atoms with Crippen LogP contribution in [0.3, 0.4) is 0 Å². The highest BCUT2D eigenvalue weighted by Gasteiger charge is 2.13. The zero-order valence-corrected chi connectivity index (χ0v) is 9.27. The van der Waals surface area contributed by atoms with Crippen molar-refractivity contribution in [1.82, 2.24) is 5.32 Å². The fourth-order valence-electron chi connectivity index (χ4n) is 0.530. The molecule has 2 nitrogen and oxygen atoms in total. The Morgan fingerprint density at radius 3 is 1.75 bits per heavy atom. The molecule has 0 aliphatic carbocycles. The molecule has 0 aliphatic heterocycles. The van der Waals surface area contributed by atoms with Gasteiger partial charge in [-0.05, 0) is 5.92 Å². The van der Waals surface area contributed by atoms with Gasteiger partial charge < -0.3 is 5.32 Å². The van der Waals surface area contributed by atoms with E-state index in [1.807, 2.05) is 20.8 Å². The Labute approximate surface area is 78.2 Å². The van der Waals surface area contributed by atoms with E-state index in [1.54, 1.807) is 7.05 Å². The lowest BCUT2D eigenvalue weighted by molar-refractivity contribution is -0.125. The van der Waals surface area contributed by atoms with Crippen LogP contribution >= 0.6 is 0 Å². The number of hydrogen-bond donors (Lipinski definition) is 1. The predicted molar refractivity (Wildman–Crippen MR) is 56.1 cm³/mol. The summed E-state index contributed by atoms with van der Waals surface area (Å²) in [6.07, 6.45) is 1.25. The third-order valence-electron chi connectivity index (χ3n) is 1.66. The quantitative estimate of drug-likeness (QED) is 0.687. The second-order valence-corrected chi connectivity index (χ2v) is 3.35. The summed E-state index contributed by atoms with van der Waals surface area (Å²) in [5, 5.41) is 2.61. The summed E-state index contributed by atoms with van der Waals surface area (Å²) in [6, 6.07) is 0. The van der Waals surface area contributed by atoms with Crippen molar-refractivity contribution in [3.8, 4) is 0 Å². The summed E-state index contributed by atoms with van der Waals surface area (Å²) in [5.41, 5.74) is 0. The van der Waals surface area contributed by atoms with Crippen LogP contribution in [-0.2, 0) is 4.79 Å². The second kappa shape index (κ2) is 8.57. The number of nitrogens with one attached hydrogen (secondary N) is 1. The maximum Gasteiger partial charge on any atom is 0.222 e. The lowest BCUT2D eigenvalue weighted by Crippen LogP contribution is -2.28. The van der Waals surface area contributed by atoms with Gasteiger partial charge in [0.25, 0.3) is 0 Å². The Hall–Kier alpha value is -0.530. The van der Waals surface area contributed by atoms with Crippen molar-refractivity contribution in [2.24, 2.45) is 11.8 Å². The first kappa shape index (κ1) is 14.0. The van der Waals surface area contributed by atoms with Gasteiger partial charge in [-0.25, -0.2) is 0 Å². The molecule has 76 valence electrons. The Balaban J connectivity index is -0.000000220. The van der Waals surface area contributed by atoms with Gasteiger partial charge in [-0.1, -0.05) is 41.0 Å². The summed E-state index contributed by atoms with van der Waals surface area (Å²) in [5.74, 6) is 0.699. The lowest BCUT2D eigenvalue weighted by atomic mass is 9.98. The number of carbonyl (C=O) groups excluding carboxylic acids is 1. The van der Waals surface area contributed by atoms with Crippen LogP contribution in [0.1, 0.15) is 42.5 Å². The maximum absolute atomic E-state index is 10.8. The minimum Gasteiger partial charge on any atom is -0.359 e. The van der Waals surface area contributed by atoms with Crippen molar-refractivity contribution >= 4 is 5.91 Å². The SMILES string of the molecule is CCC.CNC(=O)[C@@H](C)C(C)C.[HH]. The lowest BCUT2D eigenvalue weighted by Gasteiger charge is -2.12. The van der Waals surface area contributed by atoms with E-state index in [-0.39, 0.29) is 13.3 Å². The van der Waals surface area contributed by atoms with E-state index >= 15 is 0 Å². The first-order valence-corrected chi connectivity index (χ1v) is 4.72. The molecule has 1 amide bonds. The molecule has 0 saturated heterocycles. The van der Waals surface area contributed by atoms with Crippen molar-refractivity contribution in [3.05, 3.63) is 0 Å². The normalized spacial score (nSPS) is 11.6. The minimum absolute atomic E-state index is 0. The van der Waals surface area contributed by atoms with Crippen molar-refractivity contribution in [2.45, 2.75) is 41.0 Å². The summed E-state index contributed by atoms with van der Waals surface area (Å²) < 4.78 is 0. The monoisotopic (exact) mass is 175 g/mol. The van der Waals surface area contributed by atoms with Crippen LogP contribution in [0.25, 0.3) is 0 Å². The van der Waals surface area contributed by atoms with Gasteiger partial charge in [0.1, 0.15) is 0 Å². The predicted octanol–water partition coefficient (Wildman–Crippen LogP) is 2.69. The van der Waals surface area contributed by atoms with Crippen LogP contribution in [0, 0.1) is 11.8 Å². The van der Waals surface area contributed by atoms with Gasteiger partial charge >= 0.3 is 0 Å². The number of amides is 1. The summed E-state index contributed by atoms with van der Waals surface area (Å²) in [6.45, 7) is 10.3. The molecule has 0 aromatic carbocycles. The van der Waals surface area contributed by atoms with Gasteiger partial charge in [0.05, 0.1) is 0 Å². The molecule has 0 aliphatic rings. The zero-order chi connectivity index (χ0) is 10.1. The summed E-state index contributed by atoms with van der Waals surface area (Å²) >= 11 is 0. The Morgan fingerprint density at radius 2 is 1.67 bits per heavy atom. The Morgan fingerprint density at radius 1 is 1.33 bits per heavy atom. The molecular weight excluding hydrogens is 150 g/mol. The maximum atomic E-state index is 10.8. The van der Waals surface area contributed by atoms with Crippen LogP contribution in [0.2, 0.25) is 0 Å². The largest absolute Gasteiger partial charge is 0.359 e. The molecule has 12 heavy (non-hydrogen) atoms. The van der Waals surface area contributed by atoms with Gasteiger partial charge in [0.15, 0.2) is 0 Å². The van der Waals surface area contributed by atoms with Crippen molar-refractivity contribution in [1.29, 1.82) is 0 Å². The average molecular weight is 175 g/mol. The summed E-state index contributed by atoms with van der Waals surface area (Å²) in [4.78, 5) is 10.8. The van der Waals surface area contributed by atoms with E-state index in [0.717, 1.165) is 0 Å². The van der Waals surface area contributed by atoms with Gasteiger partial charge in [-0.2, -0.15) is 0 Å². The molecule has 0 spiro atoms. The highest BCUT2D eigenvalue weighted by Crippen LogP contribution is 2.08. The topological polar surface area (TPSA) is 29.1 Å². The summed E-state index contributed by atoms with van der Waals surface area (Å²) in [7, 11) is 1.67. The molecule has 0 bridgehead atoms. The van der Waals surface area contributed by atoms with Gasteiger partial charge in [-0.15, -0.1) is 0 Å². The van der Waals surface area contributed by atoms with E-state index in [9.17, 15) is 4.79 Å². The molecule has 1 atom stereocenters. The van der Waals surface area contributed by atoms with Gasteiger partial charge in [0.2, 0.25) is 5.91 Å². The molecule has 0 heterocycles. The molecular formula is C10H25NO.